The highest BCUT2D eigenvalue weighted by Gasteiger charge is 2.20. The van der Waals surface area contributed by atoms with E-state index in [1.807, 2.05) is 13.0 Å². The molecule has 0 radical (unpaired) electrons. The van der Waals surface area contributed by atoms with Crippen LogP contribution in [0.3, 0.4) is 0 Å². The summed E-state index contributed by atoms with van der Waals surface area (Å²) in [7, 11) is 1.72. The zero-order valence-corrected chi connectivity index (χ0v) is 15.5. The molecule has 1 aliphatic heterocycles. The van der Waals surface area contributed by atoms with Crippen molar-refractivity contribution in [3.8, 4) is 5.75 Å². The van der Waals surface area contributed by atoms with E-state index in [-0.39, 0.29) is 11.9 Å². The quantitative estimate of drug-likeness (QED) is 0.829. The molecule has 0 bridgehead atoms. The maximum Gasteiger partial charge on any atom is 0.234 e. The molecule has 1 fully saturated rings. The molecule has 1 heterocycles. The van der Waals surface area contributed by atoms with Crippen LogP contribution in [0, 0.1) is 6.92 Å². The molecule has 134 valence electrons. The number of methoxy groups -OCH3 is 1. The number of hydrogen-bond donors (Lipinski definition) is 1. The number of nitrogens with zero attached hydrogens (tertiary/aromatic N) is 2. The number of rotatable bonds is 7. The van der Waals surface area contributed by atoms with Crippen LogP contribution in [-0.4, -0.2) is 61.6 Å². The summed E-state index contributed by atoms with van der Waals surface area (Å²) in [5, 5.41) is 3.04. The summed E-state index contributed by atoms with van der Waals surface area (Å²) in [5.74, 6) is 1.09. The van der Waals surface area contributed by atoms with E-state index >= 15 is 0 Å². The number of hydrogen-bond acceptors (Lipinski definition) is 4. The van der Waals surface area contributed by atoms with E-state index in [1.165, 1.54) is 11.1 Å². The predicted molar refractivity (Wildman–Crippen MR) is 97.3 cm³/mol. The number of aryl methyl sites for hydroxylation is 1. The van der Waals surface area contributed by atoms with Crippen LogP contribution < -0.4 is 10.1 Å². The van der Waals surface area contributed by atoms with Gasteiger partial charge >= 0.3 is 0 Å². The third kappa shape index (κ3) is 5.49. The fourth-order valence-corrected chi connectivity index (χ4v) is 3.00. The summed E-state index contributed by atoms with van der Waals surface area (Å²) in [6.45, 7) is 11.5. The van der Waals surface area contributed by atoms with Crippen LogP contribution in [0.1, 0.15) is 31.4 Å². The molecule has 1 atom stereocenters. The van der Waals surface area contributed by atoms with Crippen molar-refractivity contribution < 1.29 is 9.53 Å². The molecule has 0 saturated carbocycles. The smallest absolute Gasteiger partial charge is 0.234 e. The van der Waals surface area contributed by atoms with Crippen molar-refractivity contribution in [1.29, 1.82) is 0 Å². The topological polar surface area (TPSA) is 44.8 Å². The number of carbonyl (C=O) groups excluding carboxylic acids is 1. The minimum absolute atomic E-state index is 0.137. The van der Waals surface area contributed by atoms with Crippen molar-refractivity contribution >= 4 is 5.91 Å². The molecule has 5 heteroatoms. The minimum atomic E-state index is 0.137. The summed E-state index contributed by atoms with van der Waals surface area (Å²) in [6.07, 6.45) is 0.970. The zero-order chi connectivity index (χ0) is 17.5. The van der Waals surface area contributed by atoms with Gasteiger partial charge in [0.25, 0.3) is 0 Å². The van der Waals surface area contributed by atoms with Gasteiger partial charge in [-0.25, -0.2) is 0 Å². The molecule has 0 aliphatic carbocycles. The van der Waals surface area contributed by atoms with Gasteiger partial charge in [-0.3, -0.25) is 14.6 Å². The molecule has 2 rings (SSSR count). The van der Waals surface area contributed by atoms with Gasteiger partial charge in [-0.2, -0.15) is 0 Å². The molecule has 1 saturated heterocycles. The molecular weight excluding hydrogens is 302 g/mol. The van der Waals surface area contributed by atoms with Crippen molar-refractivity contribution in [1.82, 2.24) is 15.1 Å². The second-order valence-electron chi connectivity index (χ2n) is 6.74. The first kappa shape index (κ1) is 18.7. The molecule has 0 spiro atoms. The monoisotopic (exact) mass is 333 g/mol. The summed E-state index contributed by atoms with van der Waals surface area (Å²) < 4.78 is 5.47. The van der Waals surface area contributed by atoms with Crippen LogP contribution >= 0.6 is 0 Å². The van der Waals surface area contributed by atoms with Gasteiger partial charge in [-0.05, 0) is 26.3 Å². The summed E-state index contributed by atoms with van der Waals surface area (Å²) in [5.41, 5.74) is 2.49. The van der Waals surface area contributed by atoms with Crippen molar-refractivity contribution in [3.05, 3.63) is 29.3 Å². The normalized spacial score (nSPS) is 17.5. The molecule has 24 heavy (non-hydrogen) atoms. The van der Waals surface area contributed by atoms with E-state index in [0.29, 0.717) is 6.54 Å². The SMILES string of the molecule is CC[C@H](C)NC(=O)CN1CCN(Cc2cc(C)ccc2OC)CC1. The third-order valence-corrected chi connectivity index (χ3v) is 4.68. The first-order chi connectivity index (χ1) is 11.5. The van der Waals surface area contributed by atoms with Gasteiger partial charge in [0.2, 0.25) is 5.91 Å². The zero-order valence-electron chi connectivity index (χ0n) is 15.5. The number of carbonyl (C=O) groups is 1. The largest absolute Gasteiger partial charge is 0.496 e. The van der Waals surface area contributed by atoms with Gasteiger partial charge in [-0.1, -0.05) is 24.6 Å². The predicted octanol–water partition coefficient (Wildman–Crippen LogP) is 2.04. The third-order valence-electron chi connectivity index (χ3n) is 4.68. The Balaban J connectivity index is 1.81. The molecule has 0 unspecified atom stereocenters. The van der Waals surface area contributed by atoms with Crippen LogP contribution in [0.15, 0.2) is 18.2 Å². The van der Waals surface area contributed by atoms with E-state index < -0.39 is 0 Å². The Morgan fingerprint density at radius 3 is 2.54 bits per heavy atom. The lowest BCUT2D eigenvalue weighted by Gasteiger charge is -2.34. The fourth-order valence-electron chi connectivity index (χ4n) is 3.00. The number of amides is 1. The lowest BCUT2D eigenvalue weighted by atomic mass is 10.1. The Labute approximate surface area is 146 Å². The molecule has 0 aromatic heterocycles. The number of nitrogens with one attached hydrogen (secondary N) is 1. The molecule has 1 aromatic rings. The van der Waals surface area contributed by atoms with Crippen LogP contribution in [0.25, 0.3) is 0 Å². The molecular formula is C19H31N3O2. The molecule has 1 amide bonds. The first-order valence-corrected chi connectivity index (χ1v) is 8.89. The Morgan fingerprint density at radius 1 is 1.25 bits per heavy atom. The van der Waals surface area contributed by atoms with Crippen LogP contribution in [-0.2, 0) is 11.3 Å². The fraction of sp³-hybridized carbons (Fsp3) is 0.632. The Bertz CT molecular complexity index is 539. The standard InChI is InChI=1S/C19H31N3O2/c1-5-16(3)20-19(23)14-22-10-8-21(9-11-22)13-17-12-15(2)6-7-18(17)24-4/h6-7,12,16H,5,8-11,13-14H2,1-4H3,(H,20,23)/t16-/m0/s1. The number of ether oxygens (including phenoxy) is 1. The van der Waals surface area contributed by atoms with E-state index in [4.69, 9.17) is 4.74 Å². The molecule has 1 aliphatic rings. The Morgan fingerprint density at radius 2 is 1.92 bits per heavy atom. The molecule has 5 nitrogen and oxygen atoms in total. The minimum Gasteiger partial charge on any atom is -0.496 e. The highest BCUT2D eigenvalue weighted by molar-refractivity contribution is 5.78. The van der Waals surface area contributed by atoms with E-state index in [9.17, 15) is 4.79 Å². The van der Waals surface area contributed by atoms with Gasteiger partial charge in [-0.15, -0.1) is 0 Å². The lowest BCUT2D eigenvalue weighted by Crippen LogP contribution is -2.49. The van der Waals surface area contributed by atoms with Crippen LogP contribution in [0.2, 0.25) is 0 Å². The Kier molecular flexibility index (Phi) is 7.06. The maximum absolute atomic E-state index is 12.0. The maximum atomic E-state index is 12.0. The van der Waals surface area contributed by atoms with Crippen LogP contribution in [0.5, 0.6) is 5.75 Å². The van der Waals surface area contributed by atoms with E-state index in [2.05, 4.69) is 41.1 Å². The van der Waals surface area contributed by atoms with E-state index in [0.717, 1.165) is 44.9 Å². The average molecular weight is 333 g/mol. The van der Waals surface area contributed by atoms with Gasteiger partial charge < -0.3 is 10.1 Å². The number of benzene rings is 1. The second-order valence-corrected chi connectivity index (χ2v) is 6.74. The van der Waals surface area contributed by atoms with Gasteiger partial charge in [0.1, 0.15) is 5.75 Å². The van der Waals surface area contributed by atoms with E-state index in [1.54, 1.807) is 7.11 Å². The molecule has 1 aromatic carbocycles. The van der Waals surface area contributed by atoms with Gasteiger partial charge in [0, 0.05) is 44.3 Å². The summed E-state index contributed by atoms with van der Waals surface area (Å²) in [6, 6.07) is 6.58. The van der Waals surface area contributed by atoms with Crippen molar-refractivity contribution in [2.75, 3.05) is 39.8 Å². The Hall–Kier alpha value is -1.59. The van der Waals surface area contributed by atoms with Crippen molar-refractivity contribution in [2.24, 2.45) is 0 Å². The van der Waals surface area contributed by atoms with Crippen molar-refractivity contribution in [3.63, 3.8) is 0 Å². The second kappa shape index (κ2) is 9.04. The molecule has 1 N–H and O–H groups in total. The van der Waals surface area contributed by atoms with Gasteiger partial charge in [0.15, 0.2) is 0 Å². The highest BCUT2D eigenvalue weighted by atomic mass is 16.5. The summed E-state index contributed by atoms with van der Waals surface area (Å²) >= 11 is 0. The lowest BCUT2D eigenvalue weighted by molar-refractivity contribution is -0.123. The van der Waals surface area contributed by atoms with Gasteiger partial charge in [0.05, 0.1) is 13.7 Å². The highest BCUT2D eigenvalue weighted by Crippen LogP contribution is 2.21. The van der Waals surface area contributed by atoms with Crippen molar-refractivity contribution in [2.45, 2.75) is 39.8 Å². The summed E-state index contributed by atoms with van der Waals surface area (Å²) in [4.78, 5) is 16.7. The number of piperazine rings is 1. The average Bonchev–Trinajstić information content (AvgIpc) is 2.56. The van der Waals surface area contributed by atoms with Crippen LogP contribution in [0.4, 0.5) is 0 Å². The first-order valence-electron chi connectivity index (χ1n) is 8.89.